The maximum absolute atomic E-state index is 13.3. The lowest BCUT2D eigenvalue weighted by molar-refractivity contribution is -0.402. The number of carbonyl (C=O) groups excluding carboxylic acids is 1. The van der Waals surface area contributed by atoms with E-state index in [4.69, 9.17) is 61.0 Å². The van der Waals surface area contributed by atoms with Gasteiger partial charge >= 0.3 is 10.4 Å². The van der Waals surface area contributed by atoms with Crippen LogP contribution in [0, 0.1) is 40.4 Å². The molecule has 33 nitrogen and oxygen atoms in total. The molecule has 3 saturated carbocycles. The molecule has 0 aromatic heterocycles. The fourth-order valence-corrected chi connectivity index (χ4v) is 17.8. The van der Waals surface area contributed by atoms with Crippen molar-refractivity contribution in [3.05, 3.63) is 11.6 Å². The van der Waals surface area contributed by atoms with Gasteiger partial charge in [-0.1, -0.05) is 39.3 Å². The fraction of sp³-hybridized carbons (Fsp3) is 0.952. The topological polar surface area (TPSA) is 515 Å². The molecule has 10 rings (SSSR count). The van der Waals surface area contributed by atoms with Crippen LogP contribution in [0.1, 0.15) is 113 Å². The van der Waals surface area contributed by atoms with E-state index < -0.39 is 243 Å². The van der Waals surface area contributed by atoms with Gasteiger partial charge in [-0.05, 0) is 113 Å². The van der Waals surface area contributed by atoms with Crippen molar-refractivity contribution in [3.8, 4) is 0 Å². The Balaban J connectivity index is 0.903. The Morgan fingerprint density at radius 1 is 0.573 bits per heavy atom. The molecular weight excluding hydrogens is 1300 g/mol. The van der Waals surface area contributed by atoms with Crippen LogP contribution in [0.3, 0.4) is 0 Å². The summed E-state index contributed by atoms with van der Waals surface area (Å²) in [5.74, 6) is -0.947. The monoisotopic (exact) mass is 1410 g/mol. The van der Waals surface area contributed by atoms with E-state index in [0.29, 0.717) is 38.5 Å². The summed E-state index contributed by atoms with van der Waals surface area (Å²) in [4.78, 5) is 13.3. The molecule has 6 heterocycles. The third-order valence-corrected chi connectivity index (χ3v) is 22.9. The molecule has 38 atom stereocenters. The molecule has 0 spiro atoms. The molecule has 17 N–H and O–H groups in total. The number of ether oxygens (including phenoxy) is 12. The van der Waals surface area contributed by atoms with Crippen LogP contribution in [0.2, 0.25) is 0 Å². The number of carbonyl (C=O) groups is 1. The number of allylic oxidation sites excluding steroid dienone is 2. The Morgan fingerprint density at radius 3 is 1.64 bits per heavy atom. The average molecular weight is 1410 g/mol. The van der Waals surface area contributed by atoms with Gasteiger partial charge in [0, 0.05) is 12.8 Å². The van der Waals surface area contributed by atoms with Crippen molar-refractivity contribution in [2.75, 3.05) is 19.8 Å². The van der Waals surface area contributed by atoms with Crippen LogP contribution in [0.15, 0.2) is 11.6 Å². The van der Waals surface area contributed by atoms with Crippen LogP contribution in [-0.4, -0.2) is 316 Å². The molecule has 96 heavy (non-hydrogen) atoms. The van der Waals surface area contributed by atoms with E-state index in [9.17, 15) is 99.5 Å². The van der Waals surface area contributed by atoms with Crippen LogP contribution < -0.4 is 0 Å². The Bertz CT molecular complexity index is 2750. The zero-order valence-electron chi connectivity index (χ0n) is 54.9. The Labute approximate surface area is 555 Å². The van der Waals surface area contributed by atoms with Gasteiger partial charge in [0.15, 0.2) is 37.7 Å². The number of hydrogen-bond acceptors (Lipinski definition) is 32. The molecule has 0 bridgehead atoms. The minimum Gasteiger partial charge on any atom is -0.394 e. The van der Waals surface area contributed by atoms with E-state index in [1.807, 2.05) is 13.8 Å². The van der Waals surface area contributed by atoms with Crippen molar-refractivity contribution >= 4 is 16.2 Å². The van der Waals surface area contributed by atoms with Crippen molar-refractivity contribution in [1.82, 2.24) is 0 Å². The van der Waals surface area contributed by atoms with Crippen LogP contribution in [0.4, 0.5) is 0 Å². The molecule has 0 radical (unpaired) electrons. The van der Waals surface area contributed by atoms with E-state index in [0.717, 1.165) is 5.57 Å². The van der Waals surface area contributed by atoms with E-state index >= 15 is 0 Å². The van der Waals surface area contributed by atoms with E-state index in [-0.39, 0.29) is 48.7 Å². The maximum atomic E-state index is 13.3. The van der Waals surface area contributed by atoms with Gasteiger partial charge in [0.05, 0.1) is 55.9 Å². The van der Waals surface area contributed by atoms with Gasteiger partial charge in [0.2, 0.25) is 0 Å². The van der Waals surface area contributed by atoms with Gasteiger partial charge in [-0.25, -0.2) is 4.18 Å². The lowest BCUT2D eigenvalue weighted by atomic mass is 9.47. The fourth-order valence-electron chi connectivity index (χ4n) is 17.2. The highest BCUT2D eigenvalue weighted by Crippen LogP contribution is 2.67. The van der Waals surface area contributed by atoms with Crippen LogP contribution in [0.5, 0.6) is 0 Å². The first kappa shape index (κ1) is 76.8. The molecule has 554 valence electrons. The van der Waals surface area contributed by atoms with E-state index in [1.165, 1.54) is 20.8 Å². The first-order chi connectivity index (χ1) is 44.9. The molecule has 0 unspecified atom stereocenters. The molecule has 6 saturated heterocycles. The predicted octanol–water partition coefficient (Wildman–Crippen LogP) is -4.85. The van der Waals surface area contributed by atoms with Gasteiger partial charge < -0.3 is 139 Å². The number of aliphatic hydroxyl groups is 16. The normalized spacial score (nSPS) is 51.6. The quantitative estimate of drug-likeness (QED) is 0.0379. The molecule has 9 fully saturated rings. The summed E-state index contributed by atoms with van der Waals surface area (Å²) in [6.45, 7) is 11.4. The molecule has 34 heteroatoms. The van der Waals surface area contributed by atoms with Crippen LogP contribution in [0.25, 0.3) is 0 Å². The van der Waals surface area contributed by atoms with E-state index in [2.05, 4.69) is 19.9 Å². The summed E-state index contributed by atoms with van der Waals surface area (Å²) in [5, 5.41) is 179. The molecule has 0 aromatic carbocycles. The maximum Gasteiger partial charge on any atom is 0.397 e. The molecule has 0 amide bonds. The van der Waals surface area contributed by atoms with Gasteiger partial charge in [0.1, 0.15) is 128 Å². The van der Waals surface area contributed by atoms with Crippen molar-refractivity contribution in [2.45, 2.75) is 309 Å². The third kappa shape index (κ3) is 15.2. The molecule has 4 aliphatic carbocycles. The summed E-state index contributed by atoms with van der Waals surface area (Å²) in [6, 6.07) is 0. The Morgan fingerprint density at radius 2 is 1.06 bits per heavy atom. The summed E-state index contributed by atoms with van der Waals surface area (Å²) in [5.41, 5.74) is -1.36. The van der Waals surface area contributed by atoms with E-state index in [1.54, 1.807) is 6.92 Å². The van der Waals surface area contributed by atoms with Crippen molar-refractivity contribution in [2.24, 2.45) is 40.4 Å². The number of aliphatic hydroxyl groups excluding tert-OH is 15. The lowest BCUT2D eigenvalue weighted by Crippen LogP contribution is -2.67. The highest BCUT2D eigenvalue weighted by molar-refractivity contribution is 7.80. The standard InChI is InChI=1S/C62H102O33S/c1-22(2)15-26(65)18-62(8,79)36-10-9-29-28-17-32(31-16-27(95-96(80,81)82)11-13-60(31,6)30(28)12-14-61(29,36)7)87-56-48(77)51(39(68)24(4)85-56)92-58-52(93-54-46(75)43(72)37(66)23(3)84-54)42(71)35(21-83-58)90-59-53(45(74)41(70)34(20-64)89-59)94-57-49(78)50(38(67)25(5)86-57)91-55-47(76)44(73)40(69)33(19-63)88-55/h12,22-25,27-29,31-59,63-64,66-79H,9-11,13-21H2,1-8H3,(H,80,81,82)/t23-,24-,25-,27+,28+,29+,31-,32+,33-,34-,35-,36+,37-,38+,39-,40+,41+,42+,43+,44+,45+,46-,47-,48-,49-,50+,51+,52-,53-,54+,55+,56+,57+,58+,59+,60-,61+,62+/m1/s1. The summed E-state index contributed by atoms with van der Waals surface area (Å²) in [7, 11) is -4.92. The van der Waals surface area contributed by atoms with Gasteiger partial charge in [-0.3, -0.25) is 9.35 Å². The third-order valence-electron chi connectivity index (χ3n) is 22.4. The number of Topliss-reactive ketones (excluding diaryl/α,β-unsaturated/α-hetero) is 1. The first-order valence-corrected chi connectivity index (χ1v) is 34.8. The van der Waals surface area contributed by atoms with Crippen LogP contribution >= 0.6 is 0 Å². The van der Waals surface area contributed by atoms with Gasteiger partial charge in [-0.15, -0.1) is 0 Å². The van der Waals surface area contributed by atoms with Gasteiger partial charge in [-0.2, -0.15) is 8.42 Å². The van der Waals surface area contributed by atoms with Crippen molar-refractivity contribution in [3.63, 3.8) is 0 Å². The number of hydrogen-bond donors (Lipinski definition) is 17. The second-order valence-electron chi connectivity index (χ2n) is 29.5. The number of fused-ring (bicyclic) bond motifs is 5. The minimum absolute atomic E-state index is 0.00878. The van der Waals surface area contributed by atoms with Crippen molar-refractivity contribution < 1.29 is 160 Å². The largest absolute Gasteiger partial charge is 0.397 e. The predicted molar refractivity (Wildman–Crippen MR) is 318 cm³/mol. The van der Waals surface area contributed by atoms with Gasteiger partial charge in [0.25, 0.3) is 0 Å². The lowest BCUT2D eigenvalue weighted by Gasteiger charge is -2.60. The second kappa shape index (κ2) is 30.1. The molecule has 10 aliphatic rings. The van der Waals surface area contributed by atoms with Crippen molar-refractivity contribution in [1.29, 1.82) is 0 Å². The SMILES string of the molecule is CC(C)CC(=O)C[C@](C)(O)[C@H]1CC[C@H]2[C@@H]3C[C@H](O[C@@H]4O[C@H](C)[C@@H](O)[C@H](O[C@@H]5OC[C@@H](O[C@@H]6O[C@H](CO)[C@H](O)[C@H](O)[C@H]6O[C@@H]6O[C@H](C)[C@H](O)[C@H](O[C@@H]7O[C@H](CO)[C@H](O)[C@H](O)[C@H]7O)[C@H]6O)[C@H](O)[C@H]5O[C@@H]5O[C@H](C)[C@@H](O)[C@H](O)[C@H]5O)[C@H]4O)[C@H]4C[C@@H](OS(=O)(=O)O)CC[C@]4(C)C3=CC[C@@]21C. The Hall–Kier alpha value is -1.84. The minimum atomic E-state index is -4.92. The first-order valence-electron chi connectivity index (χ1n) is 33.4. The number of ketones is 1. The zero-order chi connectivity index (χ0) is 70.3. The molecular formula is C62H102O33S. The smallest absolute Gasteiger partial charge is 0.394 e. The van der Waals surface area contributed by atoms with Crippen LogP contribution in [-0.2, 0) is 76.2 Å². The second-order valence-corrected chi connectivity index (χ2v) is 30.5. The average Bonchev–Trinajstić information content (AvgIpc) is 1.29. The number of rotatable bonds is 21. The summed E-state index contributed by atoms with van der Waals surface area (Å²) in [6.07, 6.45) is -48.6. The molecule has 6 aliphatic heterocycles. The molecule has 0 aromatic rings. The zero-order valence-corrected chi connectivity index (χ0v) is 55.7. The highest BCUT2D eigenvalue weighted by atomic mass is 32.3. The Kier molecular flexibility index (Phi) is 24.1. The summed E-state index contributed by atoms with van der Waals surface area (Å²) < 4.78 is 112. The highest BCUT2D eigenvalue weighted by Gasteiger charge is 2.64. The summed E-state index contributed by atoms with van der Waals surface area (Å²) >= 11 is 0.